The highest BCUT2D eigenvalue weighted by molar-refractivity contribution is 7.15. The van der Waals surface area contributed by atoms with E-state index in [-0.39, 0.29) is 11.4 Å². The summed E-state index contributed by atoms with van der Waals surface area (Å²) in [6.07, 6.45) is 5.06. The molecule has 7 heteroatoms. The van der Waals surface area contributed by atoms with E-state index in [1.54, 1.807) is 7.11 Å². The third-order valence-electron chi connectivity index (χ3n) is 7.53. The van der Waals surface area contributed by atoms with Crippen LogP contribution in [0.2, 0.25) is 0 Å². The lowest BCUT2D eigenvalue weighted by Gasteiger charge is -2.24. The highest BCUT2D eigenvalue weighted by Gasteiger charge is 2.47. The van der Waals surface area contributed by atoms with Gasteiger partial charge in [0.1, 0.15) is 5.75 Å². The van der Waals surface area contributed by atoms with E-state index in [0.29, 0.717) is 11.3 Å². The Bertz CT molecular complexity index is 1470. The van der Waals surface area contributed by atoms with Gasteiger partial charge in [-0.05, 0) is 120 Å². The fraction of sp³-hybridized carbons (Fsp3) is 0.375. The van der Waals surface area contributed by atoms with Crippen LogP contribution in [0, 0.1) is 6.92 Å². The summed E-state index contributed by atoms with van der Waals surface area (Å²) in [4.78, 5) is 25.1. The Kier molecular flexibility index (Phi) is 8.03. The van der Waals surface area contributed by atoms with Crippen molar-refractivity contribution in [3.63, 3.8) is 0 Å². The number of aromatic nitrogens is 1. The maximum absolute atomic E-state index is 13.4. The highest BCUT2D eigenvalue weighted by Crippen LogP contribution is 2.49. The number of fused-ring (bicyclic) bond motifs is 1. The lowest BCUT2D eigenvalue weighted by molar-refractivity contribution is 0.0930. The molecular formula is C32H38N4O2S. The van der Waals surface area contributed by atoms with Crippen molar-refractivity contribution in [2.75, 3.05) is 41.3 Å². The van der Waals surface area contributed by atoms with Crippen LogP contribution in [0.5, 0.6) is 5.75 Å². The monoisotopic (exact) mass is 542 g/mol. The van der Waals surface area contributed by atoms with Crippen molar-refractivity contribution in [3.8, 4) is 16.2 Å². The summed E-state index contributed by atoms with van der Waals surface area (Å²) in [7, 11) is 7.93. The van der Waals surface area contributed by atoms with Gasteiger partial charge in [0.2, 0.25) is 0 Å². The van der Waals surface area contributed by atoms with Crippen molar-refractivity contribution >= 4 is 28.1 Å². The van der Waals surface area contributed by atoms with Crippen LogP contribution in [-0.4, -0.2) is 62.0 Å². The molecule has 1 saturated heterocycles. The zero-order chi connectivity index (χ0) is 27.6. The number of likely N-dealkylation sites (tertiary alicyclic amines) is 1. The van der Waals surface area contributed by atoms with Crippen molar-refractivity contribution < 1.29 is 9.53 Å². The number of aryl methyl sites for hydroxylation is 1. The van der Waals surface area contributed by atoms with Gasteiger partial charge in [-0.1, -0.05) is 12.1 Å². The topological polar surface area (TPSA) is 57.7 Å². The van der Waals surface area contributed by atoms with Gasteiger partial charge in [0.15, 0.2) is 0 Å². The molecule has 1 aliphatic carbocycles. The SMILES string of the molecule is CN1CCC1.COc1ccc(C)c(C(=O)NC2(c3cc(-c4ccc(CN(C)C)s4)cc4ncccc34)CC2)c1. The molecule has 6 nitrogen and oxygen atoms in total. The number of carbonyl (C=O) groups is 1. The number of thiophene rings is 1. The van der Waals surface area contributed by atoms with Crippen LogP contribution >= 0.6 is 11.3 Å². The van der Waals surface area contributed by atoms with Gasteiger partial charge >= 0.3 is 0 Å². The Balaban J connectivity index is 0.000000555. The zero-order valence-corrected chi connectivity index (χ0v) is 24.4. The lowest BCUT2D eigenvalue weighted by Crippen LogP contribution is -2.35. The Morgan fingerprint density at radius 2 is 1.90 bits per heavy atom. The number of carbonyl (C=O) groups excluding carboxylic acids is 1. The van der Waals surface area contributed by atoms with E-state index in [1.807, 2.05) is 48.7 Å². The Morgan fingerprint density at radius 1 is 1.13 bits per heavy atom. The minimum Gasteiger partial charge on any atom is -0.497 e. The highest BCUT2D eigenvalue weighted by atomic mass is 32.1. The number of hydrogen-bond donors (Lipinski definition) is 1. The third-order valence-corrected chi connectivity index (χ3v) is 8.65. The number of pyridine rings is 1. The second-order valence-corrected chi connectivity index (χ2v) is 12.1. The van der Waals surface area contributed by atoms with E-state index in [2.05, 4.69) is 71.6 Å². The number of methoxy groups -OCH3 is 1. The Labute approximate surface area is 235 Å². The van der Waals surface area contributed by atoms with Gasteiger partial charge in [-0.2, -0.15) is 0 Å². The average Bonchev–Trinajstić information content (AvgIpc) is 3.54. The van der Waals surface area contributed by atoms with E-state index >= 15 is 0 Å². The zero-order valence-electron chi connectivity index (χ0n) is 23.6. The van der Waals surface area contributed by atoms with Crippen LogP contribution in [0.3, 0.4) is 0 Å². The first kappa shape index (κ1) is 27.3. The predicted octanol–water partition coefficient (Wildman–Crippen LogP) is 6.08. The number of ether oxygens (including phenoxy) is 1. The second-order valence-electron chi connectivity index (χ2n) is 11.0. The maximum Gasteiger partial charge on any atom is 0.252 e. The van der Waals surface area contributed by atoms with Crippen molar-refractivity contribution in [1.82, 2.24) is 20.1 Å². The largest absolute Gasteiger partial charge is 0.497 e. The molecule has 0 atom stereocenters. The van der Waals surface area contributed by atoms with Crippen LogP contribution in [0.1, 0.15) is 45.6 Å². The van der Waals surface area contributed by atoms with Crippen molar-refractivity contribution in [3.05, 3.63) is 82.4 Å². The van der Waals surface area contributed by atoms with E-state index in [4.69, 9.17) is 4.74 Å². The molecule has 1 aliphatic heterocycles. The molecule has 6 rings (SSSR count). The first-order chi connectivity index (χ1) is 18.8. The fourth-order valence-electron chi connectivity index (χ4n) is 4.97. The molecule has 2 fully saturated rings. The molecule has 4 aromatic rings. The lowest BCUT2D eigenvalue weighted by atomic mass is 9.95. The molecule has 0 radical (unpaired) electrons. The fourth-order valence-corrected chi connectivity index (χ4v) is 6.08. The van der Waals surface area contributed by atoms with E-state index < -0.39 is 0 Å². The van der Waals surface area contributed by atoms with Crippen LogP contribution in [-0.2, 0) is 12.1 Å². The summed E-state index contributed by atoms with van der Waals surface area (Å²) in [5.74, 6) is 0.615. The molecule has 3 heterocycles. The van der Waals surface area contributed by atoms with Crippen LogP contribution < -0.4 is 10.1 Å². The summed E-state index contributed by atoms with van der Waals surface area (Å²) in [6, 6.07) is 18.5. The third kappa shape index (κ3) is 6.16. The molecular weight excluding hydrogens is 504 g/mol. The first-order valence-corrected chi connectivity index (χ1v) is 14.4. The molecule has 39 heavy (non-hydrogen) atoms. The smallest absolute Gasteiger partial charge is 0.252 e. The summed E-state index contributed by atoms with van der Waals surface area (Å²) < 4.78 is 5.35. The van der Waals surface area contributed by atoms with Gasteiger partial charge in [0, 0.05) is 33.4 Å². The standard InChI is InChI=1S/C28H29N3O2S.C4H9N/c1-18-7-8-20(33-4)16-23(18)27(32)30-28(11-12-28)24-14-19(15-25-22(24)6-5-13-29-25)26-10-9-21(34-26)17-31(2)3;1-5-3-2-4-5/h5-10,13-16H,11-12,17H2,1-4H3,(H,30,32);2-4H2,1H3. The molecule has 2 aromatic heterocycles. The van der Waals surface area contributed by atoms with Crippen LogP contribution in [0.25, 0.3) is 21.3 Å². The van der Waals surface area contributed by atoms with Crippen LogP contribution in [0.15, 0.2) is 60.8 Å². The van der Waals surface area contributed by atoms with Gasteiger partial charge in [-0.25, -0.2) is 0 Å². The average molecular weight is 543 g/mol. The van der Waals surface area contributed by atoms with Crippen molar-refractivity contribution in [1.29, 1.82) is 0 Å². The Hall–Kier alpha value is -3.26. The number of amides is 1. The Morgan fingerprint density at radius 3 is 2.54 bits per heavy atom. The number of benzene rings is 2. The minimum absolute atomic E-state index is 0.0688. The van der Waals surface area contributed by atoms with Gasteiger partial charge in [-0.3, -0.25) is 9.78 Å². The predicted molar refractivity (Wildman–Crippen MR) is 161 cm³/mol. The summed E-state index contributed by atoms with van der Waals surface area (Å²) in [6.45, 7) is 5.51. The van der Waals surface area contributed by atoms with Crippen molar-refractivity contribution in [2.24, 2.45) is 0 Å². The quantitative estimate of drug-likeness (QED) is 0.307. The van der Waals surface area contributed by atoms with Gasteiger partial charge in [0.25, 0.3) is 5.91 Å². The normalized spacial score (nSPS) is 15.8. The molecule has 0 bridgehead atoms. The number of nitrogens with one attached hydrogen (secondary N) is 1. The van der Waals surface area contributed by atoms with Gasteiger partial charge in [-0.15, -0.1) is 11.3 Å². The molecule has 0 spiro atoms. The van der Waals surface area contributed by atoms with Gasteiger partial charge in [0.05, 0.1) is 18.2 Å². The van der Waals surface area contributed by atoms with Gasteiger partial charge < -0.3 is 19.9 Å². The van der Waals surface area contributed by atoms with E-state index in [0.717, 1.165) is 47.0 Å². The summed E-state index contributed by atoms with van der Waals surface area (Å²) in [5.41, 5.74) is 4.44. The molecule has 1 amide bonds. The molecule has 0 unspecified atom stereocenters. The molecule has 2 aromatic carbocycles. The number of rotatable bonds is 7. The summed E-state index contributed by atoms with van der Waals surface area (Å²) >= 11 is 1.81. The number of hydrogen-bond acceptors (Lipinski definition) is 6. The van der Waals surface area contributed by atoms with Crippen molar-refractivity contribution in [2.45, 2.75) is 38.3 Å². The number of nitrogens with zero attached hydrogens (tertiary/aromatic N) is 3. The minimum atomic E-state index is -0.381. The molecule has 204 valence electrons. The van der Waals surface area contributed by atoms with Crippen LogP contribution in [0.4, 0.5) is 0 Å². The van der Waals surface area contributed by atoms with E-state index in [1.165, 1.54) is 29.3 Å². The molecule has 1 N–H and O–H groups in total. The molecule has 1 saturated carbocycles. The first-order valence-electron chi connectivity index (χ1n) is 13.6. The van der Waals surface area contributed by atoms with E-state index in [9.17, 15) is 4.79 Å². The maximum atomic E-state index is 13.4. The second kappa shape index (κ2) is 11.5. The summed E-state index contributed by atoms with van der Waals surface area (Å²) in [5, 5.41) is 4.46. The molecule has 2 aliphatic rings.